The molecule has 0 unspecified atom stereocenters. The van der Waals surface area contributed by atoms with E-state index >= 15 is 0 Å². The summed E-state index contributed by atoms with van der Waals surface area (Å²) in [7, 11) is 3.20. The normalized spacial score (nSPS) is 23.8. The molecule has 0 bridgehead atoms. The molecule has 3 aromatic rings. The summed E-state index contributed by atoms with van der Waals surface area (Å²) in [6.45, 7) is 0.510. The number of methoxy groups -OCH3 is 1. The smallest absolute Gasteiger partial charge is 0.237 e. The van der Waals surface area contributed by atoms with Gasteiger partial charge in [-0.1, -0.05) is 17.7 Å². The van der Waals surface area contributed by atoms with Crippen molar-refractivity contribution in [1.82, 2.24) is 20.2 Å². The van der Waals surface area contributed by atoms with Crippen molar-refractivity contribution in [1.29, 1.82) is 0 Å². The highest BCUT2D eigenvalue weighted by Gasteiger charge is 2.40. The number of nitrogens with one attached hydrogen (secondary N) is 2. The molecule has 2 aromatic carbocycles. The third-order valence-electron chi connectivity index (χ3n) is 7.40. The van der Waals surface area contributed by atoms with Gasteiger partial charge >= 0.3 is 0 Å². The number of likely N-dealkylation sites (N-methyl/N-ethyl adjacent to an activating group) is 1. The number of hydrogen-bond acceptors (Lipinski definition) is 8. The largest absolute Gasteiger partial charge is 0.493 e. The number of aliphatic hydroxyl groups excluding tert-OH is 1. The first-order valence-corrected chi connectivity index (χ1v) is 13.1. The number of rotatable bonds is 7. The maximum absolute atomic E-state index is 14.5. The highest BCUT2D eigenvalue weighted by molar-refractivity contribution is 6.31. The van der Waals surface area contributed by atoms with E-state index in [1.54, 1.807) is 32.4 Å². The van der Waals surface area contributed by atoms with E-state index in [0.29, 0.717) is 41.2 Å². The Bertz CT molecular complexity index is 1320. The van der Waals surface area contributed by atoms with E-state index < -0.39 is 11.9 Å². The number of carbonyl (C=O) groups excluding carboxylic acids is 1. The van der Waals surface area contributed by atoms with Crippen LogP contribution in [0.5, 0.6) is 11.5 Å². The van der Waals surface area contributed by atoms with Gasteiger partial charge in [-0.3, -0.25) is 9.69 Å². The summed E-state index contributed by atoms with van der Waals surface area (Å²) in [6, 6.07) is 8.22. The minimum absolute atomic E-state index is 0.0136. The van der Waals surface area contributed by atoms with Crippen LogP contribution in [0.4, 0.5) is 15.9 Å². The molecule has 2 heterocycles. The first-order chi connectivity index (χ1) is 18.4. The second-order valence-corrected chi connectivity index (χ2v) is 10.1. The zero-order chi connectivity index (χ0) is 26.8. The van der Waals surface area contributed by atoms with Crippen molar-refractivity contribution >= 4 is 39.9 Å². The SMILES string of the molecule is CNC(=O)[C@@H]1C[C@@H](O)CN1[C@H]1CC[C@@H](Oc2cc3c(Nc4cccc(Cl)c4F)ncnc3cc2OC)CC1. The number of nitrogens with zero attached hydrogens (tertiary/aromatic N) is 3. The van der Waals surface area contributed by atoms with E-state index in [-0.39, 0.29) is 34.8 Å². The summed E-state index contributed by atoms with van der Waals surface area (Å²) < 4.78 is 26.5. The number of fused-ring (bicyclic) bond motifs is 1. The maximum Gasteiger partial charge on any atom is 0.237 e. The molecule has 11 heteroatoms. The van der Waals surface area contributed by atoms with Crippen molar-refractivity contribution in [2.75, 3.05) is 26.0 Å². The number of anilines is 2. The lowest BCUT2D eigenvalue weighted by molar-refractivity contribution is -0.126. The zero-order valence-corrected chi connectivity index (χ0v) is 22.0. The highest BCUT2D eigenvalue weighted by Crippen LogP contribution is 2.38. The van der Waals surface area contributed by atoms with Gasteiger partial charge in [0, 0.05) is 31.1 Å². The fraction of sp³-hybridized carbons (Fsp3) is 0.444. The Morgan fingerprint density at radius 3 is 2.71 bits per heavy atom. The number of likely N-dealkylation sites (tertiary alicyclic amines) is 1. The van der Waals surface area contributed by atoms with Crippen LogP contribution in [-0.4, -0.2) is 70.9 Å². The third kappa shape index (κ3) is 5.34. The van der Waals surface area contributed by atoms with Crippen LogP contribution in [0.25, 0.3) is 10.9 Å². The van der Waals surface area contributed by atoms with Gasteiger partial charge in [0.15, 0.2) is 17.3 Å². The Balaban J connectivity index is 1.33. The molecule has 5 rings (SSSR count). The number of β-amino-alcohol motifs (C(OH)–C–C–N with tert-alkyl or cyclic N) is 1. The molecule has 202 valence electrons. The van der Waals surface area contributed by atoms with Crippen LogP contribution in [0.2, 0.25) is 5.02 Å². The number of aromatic nitrogens is 2. The summed E-state index contributed by atoms with van der Waals surface area (Å²) in [6.07, 6.45) is 4.62. The number of benzene rings is 2. The van der Waals surface area contributed by atoms with E-state index in [1.165, 1.54) is 12.4 Å². The van der Waals surface area contributed by atoms with Gasteiger partial charge in [0.1, 0.15) is 12.1 Å². The van der Waals surface area contributed by atoms with Gasteiger partial charge < -0.3 is 25.2 Å². The zero-order valence-electron chi connectivity index (χ0n) is 21.3. The van der Waals surface area contributed by atoms with Crippen molar-refractivity contribution in [2.45, 2.75) is 56.4 Å². The van der Waals surface area contributed by atoms with Crippen LogP contribution in [0.1, 0.15) is 32.1 Å². The standard InChI is InChI=1S/C27H31ClFN5O4/c1-30-27(36)22-10-16(35)13-34(22)15-6-8-17(9-7-15)38-24-11-18-21(12-23(24)37-2)31-14-32-26(18)33-20-5-3-4-19(28)25(20)29/h3-5,11-12,14-17,22,35H,6-10,13H2,1-2H3,(H,30,36)(H,31,32,33)/t15-,16-,17+,22+/m1/s1. The Kier molecular flexibility index (Phi) is 7.83. The summed E-state index contributed by atoms with van der Waals surface area (Å²) in [5, 5.41) is 16.6. The number of amides is 1. The molecule has 0 spiro atoms. The lowest BCUT2D eigenvalue weighted by Crippen LogP contribution is -2.48. The molecular weight excluding hydrogens is 513 g/mol. The number of carbonyl (C=O) groups is 1. The first kappa shape index (κ1) is 26.4. The monoisotopic (exact) mass is 543 g/mol. The van der Waals surface area contributed by atoms with Crippen molar-refractivity contribution in [3.05, 3.63) is 47.5 Å². The van der Waals surface area contributed by atoms with E-state index in [0.717, 1.165) is 25.7 Å². The molecular formula is C27H31ClFN5O4. The average Bonchev–Trinajstić information content (AvgIpc) is 3.32. The molecule has 2 atom stereocenters. The Morgan fingerprint density at radius 1 is 1.18 bits per heavy atom. The fourth-order valence-corrected chi connectivity index (χ4v) is 5.66. The van der Waals surface area contributed by atoms with Crippen molar-refractivity contribution < 1.29 is 23.8 Å². The Morgan fingerprint density at radius 2 is 1.97 bits per heavy atom. The van der Waals surface area contributed by atoms with E-state index in [9.17, 15) is 14.3 Å². The number of aliphatic hydroxyl groups is 1. The molecule has 3 N–H and O–H groups in total. The van der Waals surface area contributed by atoms with Crippen LogP contribution >= 0.6 is 11.6 Å². The quantitative estimate of drug-likeness (QED) is 0.410. The molecule has 1 saturated heterocycles. The highest BCUT2D eigenvalue weighted by atomic mass is 35.5. The summed E-state index contributed by atoms with van der Waals surface area (Å²) in [5.41, 5.74) is 0.821. The number of ether oxygens (including phenoxy) is 2. The average molecular weight is 544 g/mol. The van der Waals surface area contributed by atoms with Gasteiger partial charge in [0.05, 0.1) is 41.6 Å². The molecule has 1 amide bonds. The van der Waals surface area contributed by atoms with Crippen LogP contribution in [0.3, 0.4) is 0 Å². The Labute approximate surface area is 225 Å². The lowest BCUT2D eigenvalue weighted by atomic mass is 9.91. The molecule has 2 aliphatic rings. The van der Waals surface area contributed by atoms with Crippen molar-refractivity contribution in [3.8, 4) is 11.5 Å². The fourth-order valence-electron chi connectivity index (χ4n) is 5.48. The first-order valence-electron chi connectivity index (χ1n) is 12.7. The topological polar surface area (TPSA) is 109 Å². The predicted octanol–water partition coefficient (Wildman–Crippen LogP) is 4.05. The minimum Gasteiger partial charge on any atom is -0.493 e. The van der Waals surface area contributed by atoms with Crippen LogP contribution < -0.4 is 20.1 Å². The van der Waals surface area contributed by atoms with Crippen LogP contribution in [-0.2, 0) is 4.79 Å². The molecule has 2 fully saturated rings. The maximum atomic E-state index is 14.5. The summed E-state index contributed by atoms with van der Waals surface area (Å²) >= 11 is 5.94. The van der Waals surface area contributed by atoms with Gasteiger partial charge in [0.2, 0.25) is 5.91 Å². The predicted molar refractivity (Wildman–Crippen MR) is 143 cm³/mol. The van der Waals surface area contributed by atoms with Gasteiger partial charge in [0.25, 0.3) is 0 Å². The van der Waals surface area contributed by atoms with Crippen molar-refractivity contribution in [2.24, 2.45) is 0 Å². The number of hydrogen-bond donors (Lipinski definition) is 3. The molecule has 1 aliphatic carbocycles. The van der Waals surface area contributed by atoms with E-state index in [1.807, 2.05) is 6.07 Å². The van der Waals surface area contributed by atoms with Gasteiger partial charge in [-0.05, 0) is 50.3 Å². The molecule has 9 nitrogen and oxygen atoms in total. The second-order valence-electron chi connectivity index (χ2n) is 9.73. The van der Waals surface area contributed by atoms with Gasteiger partial charge in [-0.15, -0.1) is 0 Å². The summed E-state index contributed by atoms with van der Waals surface area (Å²) in [5.74, 6) is 0.894. The molecule has 0 radical (unpaired) electrons. The molecule has 1 saturated carbocycles. The van der Waals surface area contributed by atoms with E-state index in [4.69, 9.17) is 21.1 Å². The van der Waals surface area contributed by atoms with E-state index in [2.05, 4.69) is 25.5 Å². The number of halogens is 2. The van der Waals surface area contributed by atoms with Crippen LogP contribution in [0, 0.1) is 5.82 Å². The Hall–Kier alpha value is -3.21. The minimum atomic E-state index is -0.563. The summed E-state index contributed by atoms with van der Waals surface area (Å²) in [4.78, 5) is 23.1. The van der Waals surface area contributed by atoms with Gasteiger partial charge in [-0.2, -0.15) is 0 Å². The lowest BCUT2D eigenvalue weighted by Gasteiger charge is -2.37. The third-order valence-corrected chi connectivity index (χ3v) is 7.69. The van der Waals surface area contributed by atoms with Crippen molar-refractivity contribution in [3.63, 3.8) is 0 Å². The molecule has 1 aliphatic heterocycles. The second kappa shape index (κ2) is 11.3. The molecule has 38 heavy (non-hydrogen) atoms. The van der Waals surface area contributed by atoms with Gasteiger partial charge in [-0.25, -0.2) is 14.4 Å². The van der Waals surface area contributed by atoms with Crippen LogP contribution in [0.15, 0.2) is 36.7 Å². The molecule has 1 aromatic heterocycles.